The van der Waals surface area contributed by atoms with E-state index in [0.717, 1.165) is 121 Å². The van der Waals surface area contributed by atoms with Gasteiger partial charge in [-0.3, -0.25) is 28.8 Å². The minimum atomic E-state index is -1.51. The molecule has 0 aromatic rings. The molecule has 0 aromatic heterocycles. The van der Waals surface area contributed by atoms with Crippen molar-refractivity contribution in [2.24, 2.45) is 0 Å². The summed E-state index contributed by atoms with van der Waals surface area (Å²) >= 11 is 24.4. The van der Waals surface area contributed by atoms with Gasteiger partial charge in [-0.25, -0.2) is 28.8 Å². The van der Waals surface area contributed by atoms with Crippen LogP contribution in [0.5, 0.6) is 0 Å². The molecule has 52 heteroatoms. The van der Waals surface area contributed by atoms with Gasteiger partial charge in [0.15, 0.2) is 0 Å². The summed E-state index contributed by atoms with van der Waals surface area (Å²) in [6, 6.07) is 0. The number of hydrogen-bond acceptors (Lipinski definition) is 34. The van der Waals surface area contributed by atoms with Crippen LogP contribution in [0.4, 0.5) is 0 Å². The SMILES string of the molecule is CC(C)S.CC(C)S.CC(C)S.CC(C)S.CC(C)SC(C)C.CC(C)SC(C)C.CC(C)SC(CC(=O)O)C(=O)O.CC(C)SC(CC(=O)O)C(=O)O.CC(C)SC(CC(=O)[O-])C(=O)O.CC(C)SC(CC(=O)[O-])C(=O)O.O=C(O)/C=C\C(=O)O.O=C(O)/C=C\C(=O)O.O=C([O-])/C=C\C(=O)O.O=C([O-])/C=C\C(=O)O.[Ca+2].[Ca+2].[NH3+]CCOCCOCC[NH3+].[NH3+]CCOCCOCC[NH3+]. The number of ether oxygens (including phenoxy) is 4. The Bertz CT molecular complexity index is 2510. The average molecular weight is 2150 g/mol. The van der Waals surface area contributed by atoms with Crippen LogP contribution in [-0.2, 0) is 95.7 Å². The van der Waals surface area contributed by atoms with Crippen LogP contribution in [-0.4, -0.2) is 395 Å². The fourth-order valence-electron chi connectivity index (χ4n) is 5.41. The minimum Gasteiger partial charge on any atom is -0.550 e. The summed E-state index contributed by atoms with van der Waals surface area (Å²) in [5.74, 6) is -19.7. The van der Waals surface area contributed by atoms with Crippen molar-refractivity contribution >= 4 is 292 Å². The average Bonchev–Trinajstić information content (AvgIpc) is 0.957. The van der Waals surface area contributed by atoms with Crippen LogP contribution < -0.4 is 43.4 Å². The van der Waals surface area contributed by atoms with Crippen molar-refractivity contribution in [1.29, 1.82) is 0 Å². The number of hydrogen-bond donors (Lipinski definition) is 20. The Labute approximate surface area is 887 Å². The molecule has 132 heavy (non-hydrogen) atoms. The van der Waals surface area contributed by atoms with Crippen LogP contribution in [0.2, 0.25) is 0 Å². The molecule has 772 valence electrons. The predicted molar refractivity (Wildman–Crippen MR) is 531 cm³/mol. The van der Waals surface area contributed by atoms with Crippen molar-refractivity contribution in [1.82, 2.24) is 0 Å². The van der Waals surface area contributed by atoms with Gasteiger partial charge in [-0.05, 0) is 75.2 Å². The molecule has 40 nitrogen and oxygen atoms in total. The van der Waals surface area contributed by atoms with Crippen molar-refractivity contribution in [2.45, 2.75) is 276 Å². The molecule has 0 heterocycles. The van der Waals surface area contributed by atoms with Gasteiger partial charge in [-0.2, -0.15) is 74.0 Å². The van der Waals surface area contributed by atoms with Gasteiger partial charge in [0.1, 0.15) is 21.0 Å². The molecule has 0 radical (unpaired) electrons. The van der Waals surface area contributed by atoms with Crippen molar-refractivity contribution < 1.29 is 200 Å². The normalized spacial score (nSPS) is 10.8. The fraction of sp³-hybridized carbons (Fsp3) is 0.700. The summed E-state index contributed by atoms with van der Waals surface area (Å²) in [5, 5.41) is 139. The molecule has 4 unspecified atom stereocenters. The van der Waals surface area contributed by atoms with Crippen molar-refractivity contribution in [2.75, 3.05) is 79.0 Å². The van der Waals surface area contributed by atoms with Crippen LogP contribution in [0.3, 0.4) is 0 Å². The number of carbonyl (C=O) groups excluding carboxylic acids is 4. The Morgan fingerprint density at radius 2 is 0.379 bits per heavy atom. The van der Waals surface area contributed by atoms with Crippen LogP contribution >= 0.6 is 121 Å². The minimum absolute atomic E-state index is 0. The van der Waals surface area contributed by atoms with Gasteiger partial charge in [0.25, 0.3) is 0 Å². The van der Waals surface area contributed by atoms with Crippen molar-refractivity contribution in [3.8, 4) is 0 Å². The zero-order valence-electron chi connectivity index (χ0n) is 80.8. The summed E-state index contributed by atoms with van der Waals surface area (Å²) in [7, 11) is 0. The van der Waals surface area contributed by atoms with E-state index in [4.69, 9.17) is 80.2 Å². The molecule has 0 spiro atoms. The molecule has 0 saturated heterocycles. The first-order valence-electron chi connectivity index (χ1n) is 39.6. The summed E-state index contributed by atoms with van der Waals surface area (Å²) in [5.41, 5.74) is 14.6. The Morgan fingerprint density at radius 3 is 0.455 bits per heavy atom. The predicted octanol–water partition coefficient (Wildman–Crippen LogP) is 2.35. The van der Waals surface area contributed by atoms with E-state index < -0.39 is 129 Å². The third kappa shape index (κ3) is 266. The first-order chi connectivity index (χ1) is 59.2. The number of thioether (sulfide) groups is 6. The summed E-state index contributed by atoms with van der Waals surface area (Å²) in [4.78, 5) is 159. The quantitative estimate of drug-likeness (QED) is 0.0180. The van der Waals surface area contributed by atoms with E-state index >= 15 is 0 Å². The van der Waals surface area contributed by atoms with Gasteiger partial charge < -0.3 is 143 Å². The van der Waals surface area contributed by atoms with Crippen LogP contribution in [0.1, 0.15) is 192 Å². The maximum Gasteiger partial charge on any atom is 2.00 e. The third-order valence-corrected chi connectivity index (χ3v) is 15.9. The number of rotatable bonds is 46. The first-order valence-corrected chi connectivity index (χ1v) is 47.4. The Balaban J connectivity index is -0.0000000662. The van der Waals surface area contributed by atoms with Crippen molar-refractivity contribution in [3.63, 3.8) is 0 Å². The maximum absolute atomic E-state index is 10.5. The number of carboxylic acids is 16. The molecule has 0 bridgehead atoms. The first kappa shape index (κ1) is 171. The summed E-state index contributed by atoms with van der Waals surface area (Å²) in [6.07, 6.45) is 2.61. The van der Waals surface area contributed by atoms with Crippen molar-refractivity contribution in [3.05, 3.63) is 48.6 Å². The molecular formula is C80H156Ca2N4O36S10+4. The maximum atomic E-state index is 10.5. The zero-order valence-corrected chi connectivity index (χ0v) is 93.7. The molecule has 24 N–H and O–H groups in total. The van der Waals surface area contributed by atoms with E-state index in [1.807, 2.05) is 134 Å². The Hall–Kier alpha value is -3.82. The fourth-order valence-corrected chi connectivity index (χ4v) is 11.6. The number of carbonyl (C=O) groups is 16. The zero-order chi connectivity index (χ0) is 107. The molecule has 0 aliphatic heterocycles. The molecule has 0 aromatic carbocycles. The van der Waals surface area contributed by atoms with E-state index in [0.29, 0.717) is 96.0 Å². The molecule has 0 aliphatic carbocycles. The molecule has 0 fully saturated rings. The number of aliphatic carboxylic acids is 16. The van der Waals surface area contributed by atoms with Crippen LogP contribution in [0.15, 0.2) is 48.6 Å². The Kier molecular flexibility index (Phi) is 165. The van der Waals surface area contributed by atoms with Crippen LogP contribution in [0.25, 0.3) is 0 Å². The molecule has 0 amide bonds. The largest absolute Gasteiger partial charge is 2.00 e. The van der Waals surface area contributed by atoms with Gasteiger partial charge in [-0.1, -0.05) is 166 Å². The standard InChI is InChI=1S/4C7H12O4S.2C6H16N2O2.2C6H14S.4C4H4O4.4C3H8S.2Ca/c4*1-4(2)12-5(7(10)11)3-6(8)9;2*7-1-3-9-5-6-10-4-2-8;2*1-5(2)7-6(3)4;4*5-3(6)1-2-4(7)8;4*1-3(2)4;;/h4*4-5H,3H2,1-2H3,(H,8,9)(H,10,11);2*1-8H2;2*5-6H,1-4H3;4*1-2H,(H,5,6)(H,7,8);4*3-4H,1-2H3;;/q;;;;;;;;;;;;;;;;2*+2/b;;;;;;;;4*2-1-;;;;;;. The van der Waals surface area contributed by atoms with Gasteiger partial charge in [0.05, 0.1) is 104 Å². The summed E-state index contributed by atoms with van der Waals surface area (Å²) in [6.45, 7) is 57.6. The van der Waals surface area contributed by atoms with Gasteiger partial charge in [-0.15, -0.1) is 47.0 Å². The smallest absolute Gasteiger partial charge is 0.550 e. The van der Waals surface area contributed by atoms with E-state index in [9.17, 15) is 97.1 Å². The molecular weight excluding hydrogens is 1990 g/mol. The topological polar surface area (TPSA) is 756 Å². The second kappa shape index (κ2) is 127. The summed E-state index contributed by atoms with van der Waals surface area (Å²) < 4.78 is 20.5. The second-order valence-electron chi connectivity index (χ2n) is 27.1. The van der Waals surface area contributed by atoms with E-state index in [2.05, 4.69) is 129 Å². The molecule has 4 atom stereocenters. The number of quaternary nitrogens is 4. The van der Waals surface area contributed by atoms with Gasteiger partial charge in [0.2, 0.25) is 0 Å². The van der Waals surface area contributed by atoms with E-state index in [-0.39, 0.29) is 109 Å². The molecule has 0 rings (SSSR count). The Morgan fingerprint density at radius 1 is 0.250 bits per heavy atom. The van der Waals surface area contributed by atoms with Gasteiger partial charge in [0, 0.05) is 61.2 Å². The molecule has 0 aliphatic rings. The van der Waals surface area contributed by atoms with Gasteiger partial charge >= 0.3 is 147 Å². The number of carboxylic acid groups (broad SMARTS) is 16. The van der Waals surface area contributed by atoms with E-state index in [1.54, 1.807) is 0 Å². The monoisotopic (exact) mass is 2150 g/mol. The van der Waals surface area contributed by atoms with E-state index in [1.165, 1.54) is 0 Å². The molecule has 0 saturated carbocycles. The third-order valence-electron chi connectivity index (χ3n) is 8.72. The second-order valence-corrected chi connectivity index (χ2v) is 42.7. The number of thiol groups is 4. The van der Waals surface area contributed by atoms with Crippen LogP contribution in [0, 0.1) is 0 Å².